The van der Waals surface area contributed by atoms with Gasteiger partial charge in [-0.05, 0) is 25.0 Å². The number of anilines is 1. The standard InChI is InChI=1S/C19H21FN6/c1-19(5-6-19)16-11-26-15(9-23-18(26)10-22-16)13-3-2-4-17(24-13)25-14-8-21-7-12(14)20/h2-4,9-12,14,21H,5-8H2,1H3,(H,24,25). The first kappa shape index (κ1) is 15.7. The molecule has 1 aliphatic heterocycles. The van der Waals surface area contributed by atoms with Gasteiger partial charge in [-0.3, -0.25) is 9.38 Å². The molecule has 7 heteroatoms. The van der Waals surface area contributed by atoms with Crippen LogP contribution in [0, 0.1) is 0 Å². The number of pyridine rings is 1. The summed E-state index contributed by atoms with van der Waals surface area (Å²) < 4.78 is 15.9. The molecule has 6 nitrogen and oxygen atoms in total. The van der Waals surface area contributed by atoms with Crippen molar-refractivity contribution in [3.8, 4) is 11.4 Å². The highest BCUT2D eigenvalue weighted by Crippen LogP contribution is 2.46. The van der Waals surface area contributed by atoms with Crippen molar-refractivity contribution < 1.29 is 4.39 Å². The molecular formula is C19H21FN6. The Balaban J connectivity index is 1.50. The smallest absolute Gasteiger partial charge is 0.155 e. The maximum atomic E-state index is 13.8. The molecule has 26 heavy (non-hydrogen) atoms. The molecule has 4 heterocycles. The molecule has 1 saturated carbocycles. The van der Waals surface area contributed by atoms with Crippen molar-refractivity contribution >= 4 is 11.5 Å². The maximum absolute atomic E-state index is 13.8. The minimum atomic E-state index is -0.899. The second-order valence-electron chi connectivity index (χ2n) is 7.54. The summed E-state index contributed by atoms with van der Waals surface area (Å²) in [6, 6.07) is 5.51. The van der Waals surface area contributed by atoms with Gasteiger partial charge in [-0.25, -0.2) is 14.4 Å². The molecular weight excluding hydrogens is 331 g/mol. The molecule has 2 aliphatic rings. The molecule has 3 aromatic rings. The van der Waals surface area contributed by atoms with E-state index in [-0.39, 0.29) is 11.5 Å². The second-order valence-corrected chi connectivity index (χ2v) is 7.54. The van der Waals surface area contributed by atoms with E-state index in [9.17, 15) is 4.39 Å². The number of nitrogens with one attached hydrogen (secondary N) is 2. The van der Waals surface area contributed by atoms with E-state index in [0.717, 1.165) is 22.7 Å². The van der Waals surface area contributed by atoms with Crippen molar-refractivity contribution in [2.45, 2.75) is 37.4 Å². The van der Waals surface area contributed by atoms with Crippen molar-refractivity contribution in [2.24, 2.45) is 0 Å². The Morgan fingerprint density at radius 1 is 1.23 bits per heavy atom. The fraction of sp³-hybridized carbons (Fsp3) is 0.421. The lowest BCUT2D eigenvalue weighted by Gasteiger charge is -2.15. The summed E-state index contributed by atoms with van der Waals surface area (Å²) in [7, 11) is 0. The lowest BCUT2D eigenvalue weighted by atomic mass is 10.1. The Labute approximate surface area is 150 Å². The number of halogens is 1. The van der Waals surface area contributed by atoms with Crippen LogP contribution in [0.3, 0.4) is 0 Å². The average Bonchev–Trinajstić information content (AvgIpc) is 3.08. The third kappa shape index (κ3) is 2.63. The van der Waals surface area contributed by atoms with Crippen LogP contribution in [0.15, 0.2) is 36.8 Å². The van der Waals surface area contributed by atoms with E-state index in [4.69, 9.17) is 0 Å². The van der Waals surface area contributed by atoms with E-state index < -0.39 is 6.17 Å². The molecule has 5 rings (SSSR count). The maximum Gasteiger partial charge on any atom is 0.155 e. The molecule has 2 unspecified atom stereocenters. The monoisotopic (exact) mass is 352 g/mol. The Bertz CT molecular complexity index is 964. The highest BCUT2D eigenvalue weighted by molar-refractivity contribution is 5.62. The van der Waals surface area contributed by atoms with E-state index >= 15 is 0 Å². The van der Waals surface area contributed by atoms with Crippen LogP contribution in [-0.4, -0.2) is 44.7 Å². The van der Waals surface area contributed by atoms with Gasteiger partial charge in [-0.15, -0.1) is 0 Å². The third-order valence-corrected chi connectivity index (χ3v) is 5.50. The molecule has 2 fully saturated rings. The summed E-state index contributed by atoms with van der Waals surface area (Å²) in [6.07, 6.45) is 7.16. The zero-order valence-electron chi connectivity index (χ0n) is 14.6. The van der Waals surface area contributed by atoms with Crippen LogP contribution < -0.4 is 10.6 Å². The summed E-state index contributed by atoms with van der Waals surface area (Å²) in [5, 5.41) is 6.24. The van der Waals surface area contributed by atoms with Gasteiger partial charge in [0, 0.05) is 24.7 Å². The Morgan fingerprint density at radius 2 is 2.12 bits per heavy atom. The molecule has 1 aliphatic carbocycles. The second kappa shape index (κ2) is 5.74. The highest BCUT2D eigenvalue weighted by Gasteiger charge is 2.40. The van der Waals surface area contributed by atoms with Crippen LogP contribution in [0.4, 0.5) is 10.2 Å². The van der Waals surface area contributed by atoms with E-state index in [1.54, 1.807) is 0 Å². The van der Waals surface area contributed by atoms with Crippen molar-refractivity contribution in [1.29, 1.82) is 0 Å². The third-order valence-electron chi connectivity index (χ3n) is 5.50. The van der Waals surface area contributed by atoms with Gasteiger partial charge >= 0.3 is 0 Å². The summed E-state index contributed by atoms with van der Waals surface area (Å²) in [5.74, 6) is 0.678. The molecule has 0 aromatic carbocycles. The normalized spacial score (nSPS) is 24.1. The predicted octanol–water partition coefficient (Wildman–Crippen LogP) is 2.56. The van der Waals surface area contributed by atoms with Crippen molar-refractivity contribution in [3.05, 3.63) is 42.5 Å². The summed E-state index contributed by atoms with van der Waals surface area (Å²) in [4.78, 5) is 13.7. The number of hydrogen-bond donors (Lipinski definition) is 2. The van der Waals surface area contributed by atoms with E-state index in [0.29, 0.717) is 18.9 Å². The zero-order chi connectivity index (χ0) is 17.7. The first-order valence-electron chi connectivity index (χ1n) is 9.05. The largest absolute Gasteiger partial charge is 0.363 e. The van der Waals surface area contributed by atoms with Crippen LogP contribution in [0.25, 0.3) is 17.0 Å². The van der Waals surface area contributed by atoms with Crippen LogP contribution in [0.5, 0.6) is 0 Å². The molecule has 0 radical (unpaired) electrons. The first-order chi connectivity index (χ1) is 12.6. The van der Waals surface area contributed by atoms with Crippen molar-refractivity contribution in [3.63, 3.8) is 0 Å². The number of imidazole rings is 1. The van der Waals surface area contributed by atoms with Gasteiger partial charge in [-0.2, -0.15) is 0 Å². The number of aromatic nitrogens is 4. The van der Waals surface area contributed by atoms with Crippen LogP contribution in [-0.2, 0) is 5.41 Å². The Morgan fingerprint density at radius 3 is 2.88 bits per heavy atom. The Kier molecular flexibility index (Phi) is 3.46. The number of rotatable bonds is 4. The van der Waals surface area contributed by atoms with E-state index in [1.807, 2.05) is 35.0 Å². The number of hydrogen-bond acceptors (Lipinski definition) is 5. The van der Waals surface area contributed by atoms with E-state index in [2.05, 4.69) is 38.7 Å². The summed E-state index contributed by atoms with van der Waals surface area (Å²) >= 11 is 0. The van der Waals surface area contributed by atoms with Crippen LogP contribution in [0.1, 0.15) is 25.5 Å². The molecule has 3 aromatic heterocycles. The molecule has 2 N–H and O–H groups in total. The predicted molar refractivity (Wildman–Crippen MR) is 98.0 cm³/mol. The topological polar surface area (TPSA) is 67.1 Å². The van der Waals surface area contributed by atoms with Gasteiger partial charge in [0.25, 0.3) is 0 Å². The summed E-state index contributed by atoms with van der Waals surface area (Å²) in [5.41, 5.74) is 3.81. The van der Waals surface area contributed by atoms with Crippen LogP contribution in [0.2, 0.25) is 0 Å². The SMILES string of the molecule is CC1(c2cn3c(-c4cccc(NC5CNCC5F)n4)cnc3cn2)CC1. The minimum absolute atomic E-state index is 0.193. The Hall–Kier alpha value is -2.54. The fourth-order valence-corrected chi connectivity index (χ4v) is 3.47. The highest BCUT2D eigenvalue weighted by atomic mass is 19.1. The quantitative estimate of drug-likeness (QED) is 0.755. The molecule has 0 spiro atoms. The van der Waals surface area contributed by atoms with Gasteiger partial charge in [0.2, 0.25) is 0 Å². The number of fused-ring (bicyclic) bond motifs is 1. The molecule has 1 saturated heterocycles. The number of alkyl halides is 1. The van der Waals surface area contributed by atoms with Crippen molar-refractivity contribution in [1.82, 2.24) is 24.7 Å². The first-order valence-corrected chi connectivity index (χ1v) is 9.05. The van der Waals surface area contributed by atoms with Crippen molar-refractivity contribution in [2.75, 3.05) is 18.4 Å². The van der Waals surface area contributed by atoms with Gasteiger partial charge in [0.1, 0.15) is 12.0 Å². The summed E-state index contributed by atoms with van der Waals surface area (Å²) in [6.45, 7) is 3.24. The van der Waals surface area contributed by atoms with E-state index in [1.165, 1.54) is 12.8 Å². The van der Waals surface area contributed by atoms with Crippen LogP contribution >= 0.6 is 0 Å². The molecule has 0 bridgehead atoms. The lowest BCUT2D eigenvalue weighted by molar-refractivity contribution is 0.342. The van der Waals surface area contributed by atoms with Gasteiger partial charge in [-0.1, -0.05) is 13.0 Å². The molecule has 0 amide bonds. The van der Waals surface area contributed by atoms with Gasteiger partial charge in [0.15, 0.2) is 5.65 Å². The zero-order valence-corrected chi connectivity index (χ0v) is 14.6. The minimum Gasteiger partial charge on any atom is -0.363 e. The number of nitrogens with zero attached hydrogens (tertiary/aromatic N) is 4. The molecule has 134 valence electrons. The lowest BCUT2D eigenvalue weighted by Crippen LogP contribution is -2.29. The van der Waals surface area contributed by atoms with Gasteiger partial charge in [0.05, 0.1) is 35.5 Å². The average molecular weight is 352 g/mol. The molecule has 2 atom stereocenters. The fourth-order valence-electron chi connectivity index (χ4n) is 3.47. The van der Waals surface area contributed by atoms with Gasteiger partial charge < -0.3 is 10.6 Å².